The van der Waals surface area contributed by atoms with Gasteiger partial charge in [0.2, 0.25) is 0 Å². The highest BCUT2D eigenvalue weighted by Gasteiger charge is 2.44. The molecule has 1 aromatic rings. The van der Waals surface area contributed by atoms with Gasteiger partial charge in [-0.25, -0.2) is 0 Å². The number of fused-ring (bicyclic) bond motifs is 2. The van der Waals surface area contributed by atoms with Gasteiger partial charge in [-0.15, -0.1) is 0 Å². The fourth-order valence-electron chi connectivity index (χ4n) is 3.33. The van der Waals surface area contributed by atoms with Crippen molar-refractivity contribution in [2.45, 2.75) is 12.3 Å². The summed E-state index contributed by atoms with van der Waals surface area (Å²) < 4.78 is 0. The maximum Gasteiger partial charge on any atom is 0.269 e. The molecule has 0 N–H and O–H groups in total. The zero-order chi connectivity index (χ0) is 12.7. The van der Waals surface area contributed by atoms with Gasteiger partial charge in [-0.05, 0) is 23.8 Å². The Labute approximate surface area is 104 Å². The summed E-state index contributed by atoms with van der Waals surface area (Å²) in [4.78, 5) is 21.4. The molecule has 0 aliphatic heterocycles. The summed E-state index contributed by atoms with van der Waals surface area (Å²) in [5.41, 5.74) is 1.13. The Hall–Kier alpha value is -1.97. The van der Waals surface area contributed by atoms with Gasteiger partial charge in [0.25, 0.3) is 5.69 Å². The molecule has 92 valence electrons. The summed E-state index contributed by atoms with van der Waals surface area (Å²) in [6, 6.07) is 6.61. The van der Waals surface area contributed by atoms with Gasteiger partial charge >= 0.3 is 0 Å². The maximum atomic E-state index is 11.2. The summed E-state index contributed by atoms with van der Waals surface area (Å²) in [7, 11) is 0. The Morgan fingerprint density at radius 1 is 1.17 bits per heavy atom. The minimum absolute atomic E-state index is 0.0291. The molecule has 1 fully saturated rings. The van der Waals surface area contributed by atoms with Crippen molar-refractivity contribution in [2.24, 2.45) is 17.8 Å². The van der Waals surface area contributed by atoms with Crippen LogP contribution in [0.3, 0.4) is 0 Å². The Bertz CT molecular complexity index is 520. The van der Waals surface area contributed by atoms with Crippen LogP contribution in [0.1, 0.15) is 17.9 Å². The third-order valence-corrected chi connectivity index (χ3v) is 4.17. The van der Waals surface area contributed by atoms with Crippen molar-refractivity contribution in [1.82, 2.24) is 0 Å². The largest absolute Gasteiger partial charge is 0.303 e. The van der Waals surface area contributed by atoms with E-state index in [-0.39, 0.29) is 17.5 Å². The van der Waals surface area contributed by atoms with Gasteiger partial charge < -0.3 is 4.79 Å². The molecule has 18 heavy (non-hydrogen) atoms. The first-order valence-electron chi connectivity index (χ1n) is 6.08. The van der Waals surface area contributed by atoms with Crippen LogP contribution in [-0.2, 0) is 4.79 Å². The zero-order valence-electron chi connectivity index (χ0n) is 9.73. The van der Waals surface area contributed by atoms with Gasteiger partial charge in [-0.2, -0.15) is 0 Å². The predicted octanol–water partition coefficient (Wildman–Crippen LogP) is 2.70. The molecule has 2 bridgehead atoms. The van der Waals surface area contributed by atoms with Crippen molar-refractivity contribution in [3.8, 4) is 0 Å². The lowest BCUT2D eigenvalue weighted by atomic mass is 9.79. The molecule has 0 saturated heterocycles. The van der Waals surface area contributed by atoms with Crippen molar-refractivity contribution in [2.75, 3.05) is 0 Å². The van der Waals surface area contributed by atoms with Crippen LogP contribution < -0.4 is 0 Å². The maximum absolute atomic E-state index is 11.2. The van der Waals surface area contributed by atoms with Gasteiger partial charge in [0, 0.05) is 24.0 Å². The lowest BCUT2D eigenvalue weighted by Gasteiger charge is -2.24. The Kier molecular flexibility index (Phi) is 2.51. The van der Waals surface area contributed by atoms with Crippen molar-refractivity contribution in [3.05, 3.63) is 52.1 Å². The van der Waals surface area contributed by atoms with Crippen molar-refractivity contribution in [1.29, 1.82) is 0 Å². The molecule has 3 rings (SSSR count). The van der Waals surface area contributed by atoms with Gasteiger partial charge in [0.05, 0.1) is 4.92 Å². The summed E-state index contributed by atoms with van der Waals surface area (Å²) >= 11 is 0. The van der Waals surface area contributed by atoms with Crippen LogP contribution in [0.4, 0.5) is 5.69 Å². The first-order chi connectivity index (χ1) is 8.70. The number of aldehydes is 1. The van der Waals surface area contributed by atoms with Crippen LogP contribution in [0, 0.1) is 27.9 Å². The molecule has 0 radical (unpaired) electrons. The lowest BCUT2D eigenvalue weighted by Crippen LogP contribution is -2.18. The van der Waals surface area contributed by atoms with Crippen LogP contribution in [0.5, 0.6) is 0 Å². The normalized spacial score (nSPS) is 32.7. The minimum atomic E-state index is -0.401. The van der Waals surface area contributed by atoms with Crippen LogP contribution >= 0.6 is 0 Å². The van der Waals surface area contributed by atoms with E-state index in [9.17, 15) is 14.9 Å². The third-order valence-electron chi connectivity index (χ3n) is 4.17. The van der Waals surface area contributed by atoms with Crippen LogP contribution in [-0.4, -0.2) is 11.2 Å². The van der Waals surface area contributed by atoms with E-state index in [1.165, 1.54) is 12.1 Å². The molecule has 0 amide bonds. The molecular weight excluding hydrogens is 230 g/mol. The van der Waals surface area contributed by atoms with Crippen LogP contribution in [0.25, 0.3) is 0 Å². The van der Waals surface area contributed by atoms with Crippen LogP contribution in [0.15, 0.2) is 36.4 Å². The Morgan fingerprint density at radius 2 is 1.83 bits per heavy atom. The van der Waals surface area contributed by atoms with E-state index in [0.29, 0.717) is 11.8 Å². The number of allylic oxidation sites excluding steroid dienone is 2. The van der Waals surface area contributed by atoms with Crippen LogP contribution in [0.2, 0.25) is 0 Å². The van der Waals surface area contributed by atoms with E-state index < -0.39 is 4.92 Å². The summed E-state index contributed by atoms with van der Waals surface area (Å²) in [5.74, 6) is 0.985. The van der Waals surface area contributed by atoms with Gasteiger partial charge in [0.1, 0.15) is 6.29 Å². The number of carbonyl (C=O) groups is 1. The average Bonchev–Trinajstić information content (AvgIpc) is 2.98. The van der Waals surface area contributed by atoms with E-state index in [1.54, 1.807) is 12.1 Å². The standard InChI is InChI=1S/C14H13NO3/c16-8-13-10-1-2-11(7-10)14(13)9-3-5-12(6-4-9)15(17)18/h1-6,8,10-11,13-14H,7H2. The smallest absolute Gasteiger partial charge is 0.269 e. The molecule has 4 nitrogen and oxygen atoms in total. The van der Waals surface area contributed by atoms with Gasteiger partial charge in [-0.3, -0.25) is 10.1 Å². The highest BCUT2D eigenvalue weighted by molar-refractivity contribution is 5.60. The van der Waals surface area contributed by atoms with E-state index >= 15 is 0 Å². The van der Waals surface area contributed by atoms with Crippen molar-refractivity contribution in [3.63, 3.8) is 0 Å². The Balaban J connectivity index is 1.92. The number of non-ortho nitro benzene ring substituents is 1. The van der Waals surface area contributed by atoms with Gasteiger partial charge in [0.15, 0.2) is 0 Å². The second kappa shape index (κ2) is 4.05. The average molecular weight is 243 g/mol. The fraction of sp³-hybridized carbons (Fsp3) is 0.357. The predicted molar refractivity (Wildman–Crippen MR) is 66.1 cm³/mol. The summed E-state index contributed by atoms with van der Waals surface area (Å²) in [5, 5.41) is 10.6. The van der Waals surface area contributed by atoms with E-state index in [1.807, 2.05) is 0 Å². The highest BCUT2D eigenvalue weighted by atomic mass is 16.6. The molecule has 0 aromatic heterocycles. The molecule has 4 heteroatoms. The first kappa shape index (κ1) is 11.1. The second-order valence-corrected chi connectivity index (χ2v) is 5.04. The molecule has 2 aliphatic rings. The summed E-state index contributed by atoms with van der Waals surface area (Å²) in [6.45, 7) is 0. The number of rotatable bonds is 3. The van der Waals surface area contributed by atoms with Crippen molar-refractivity contribution < 1.29 is 9.72 Å². The number of hydrogen-bond donors (Lipinski definition) is 0. The van der Waals surface area contributed by atoms with Gasteiger partial charge in [-0.1, -0.05) is 24.3 Å². The second-order valence-electron chi connectivity index (χ2n) is 5.04. The number of nitro groups is 1. The molecule has 1 saturated carbocycles. The zero-order valence-corrected chi connectivity index (χ0v) is 9.73. The summed E-state index contributed by atoms with van der Waals surface area (Å²) in [6.07, 6.45) is 6.38. The quantitative estimate of drug-likeness (QED) is 0.355. The third kappa shape index (κ3) is 1.56. The molecule has 1 aromatic carbocycles. The number of nitrogens with zero attached hydrogens (tertiary/aromatic N) is 1. The monoisotopic (exact) mass is 243 g/mol. The lowest BCUT2D eigenvalue weighted by molar-refractivity contribution is -0.384. The number of carbonyl (C=O) groups excluding carboxylic acids is 1. The van der Waals surface area contributed by atoms with E-state index in [0.717, 1.165) is 18.3 Å². The van der Waals surface area contributed by atoms with E-state index in [2.05, 4.69) is 12.2 Å². The molecule has 0 heterocycles. The highest BCUT2D eigenvalue weighted by Crippen LogP contribution is 2.52. The first-order valence-corrected chi connectivity index (χ1v) is 6.08. The molecule has 2 aliphatic carbocycles. The minimum Gasteiger partial charge on any atom is -0.303 e. The Morgan fingerprint density at radius 3 is 2.44 bits per heavy atom. The topological polar surface area (TPSA) is 60.2 Å². The molecule has 4 atom stereocenters. The molecule has 4 unspecified atom stereocenters. The molecular formula is C14H13NO3. The number of hydrogen-bond acceptors (Lipinski definition) is 3. The van der Waals surface area contributed by atoms with E-state index in [4.69, 9.17) is 0 Å². The number of benzene rings is 1. The fourth-order valence-corrected chi connectivity index (χ4v) is 3.33. The van der Waals surface area contributed by atoms with Crippen molar-refractivity contribution >= 4 is 12.0 Å². The SMILES string of the molecule is O=CC1C2C=CC(C2)C1c1ccc([N+](=O)[O-])cc1. The molecule has 0 spiro atoms. The number of nitro benzene ring substituents is 1.